The van der Waals surface area contributed by atoms with Gasteiger partial charge in [0.25, 0.3) is 0 Å². The Morgan fingerprint density at radius 3 is 2.88 bits per heavy atom. The van der Waals surface area contributed by atoms with Gasteiger partial charge in [-0.3, -0.25) is 4.79 Å². The Morgan fingerprint density at radius 2 is 2.08 bits per heavy atom. The second-order valence-electron chi connectivity index (χ2n) is 5.78. The number of carbonyl (C=O) groups is 1. The Hall–Kier alpha value is -2.11. The van der Waals surface area contributed by atoms with Gasteiger partial charge in [0.15, 0.2) is 0 Å². The highest BCUT2D eigenvalue weighted by Gasteiger charge is 2.35. The second-order valence-corrected chi connectivity index (χ2v) is 6.19. The van der Waals surface area contributed by atoms with Gasteiger partial charge in [-0.25, -0.2) is 4.39 Å². The predicted octanol–water partition coefficient (Wildman–Crippen LogP) is 2.81. The fourth-order valence-corrected chi connectivity index (χ4v) is 3.02. The fourth-order valence-electron chi connectivity index (χ4n) is 2.79. The van der Waals surface area contributed by atoms with Crippen LogP contribution in [-0.4, -0.2) is 24.2 Å². The summed E-state index contributed by atoms with van der Waals surface area (Å²) in [6.07, 6.45) is 0.185. The molecule has 2 N–H and O–H groups in total. The smallest absolute Gasteiger partial charge is 0.224 e. The average Bonchev–Trinajstić information content (AvgIpc) is 2.57. The highest BCUT2D eigenvalue weighted by Crippen LogP contribution is 2.36. The molecule has 1 amide bonds. The van der Waals surface area contributed by atoms with Crippen LogP contribution in [0.1, 0.15) is 17.5 Å². The zero-order valence-corrected chi connectivity index (χ0v) is 13.6. The van der Waals surface area contributed by atoms with E-state index in [9.17, 15) is 14.3 Å². The molecule has 0 fully saturated rings. The van der Waals surface area contributed by atoms with E-state index >= 15 is 0 Å². The van der Waals surface area contributed by atoms with Crippen LogP contribution in [0.25, 0.3) is 0 Å². The Kier molecular flexibility index (Phi) is 4.73. The molecule has 0 saturated carbocycles. The SMILES string of the molecule is O=C(Cc1c(F)cccc1Cl)NC[C@@]1(O)CCOc2ccccc21. The molecule has 1 heterocycles. The molecule has 3 rings (SSSR count). The van der Waals surface area contributed by atoms with Gasteiger partial charge in [0.1, 0.15) is 17.2 Å². The summed E-state index contributed by atoms with van der Waals surface area (Å²) in [6, 6.07) is 11.5. The predicted molar refractivity (Wildman–Crippen MR) is 88.6 cm³/mol. The summed E-state index contributed by atoms with van der Waals surface area (Å²) in [7, 11) is 0. The molecule has 0 spiro atoms. The number of hydrogen-bond donors (Lipinski definition) is 2. The van der Waals surface area contributed by atoms with Crippen molar-refractivity contribution in [3.63, 3.8) is 0 Å². The molecule has 24 heavy (non-hydrogen) atoms. The molecule has 0 bridgehead atoms. The zero-order valence-electron chi connectivity index (χ0n) is 12.9. The Labute approximate surface area is 144 Å². The number of amides is 1. The van der Waals surface area contributed by atoms with Crippen LogP contribution in [0.2, 0.25) is 5.02 Å². The molecular formula is C18H17ClFNO3. The van der Waals surface area contributed by atoms with Gasteiger partial charge in [0.05, 0.1) is 19.6 Å². The molecule has 0 saturated heterocycles. The van der Waals surface area contributed by atoms with Gasteiger partial charge in [-0.1, -0.05) is 35.9 Å². The van der Waals surface area contributed by atoms with E-state index in [2.05, 4.69) is 5.32 Å². The normalized spacial score (nSPS) is 19.3. The topological polar surface area (TPSA) is 58.6 Å². The molecule has 0 radical (unpaired) electrons. The van der Waals surface area contributed by atoms with Crippen molar-refractivity contribution in [1.29, 1.82) is 0 Å². The largest absolute Gasteiger partial charge is 0.493 e. The van der Waals surface area contributed by atoms with E-state index in [1.807, 2.05) is 6.07 Å². The van der Waals surface area contributed by atoms with Crippen LogP contribution in [0.5, 0.6) is 5.75 Å². The van der Waals surface area contributed by atoms with Crippen LogP contribution in [0.4, 0.5) is 4.39 Å². The maximum absolute atomic E-state index is 13.7. The third-order valence-electron chi connectivity index (χ3n) is 4.14. The summed E-state index contributed by atoms with van der Waals surface area (Å²) in [4.78, 5) is 12.1. The first-order valence-electron chi connectivity index (χ1n) is 7.64. The molecular weight excluding hydrogens is 333 g/mol. The van der Waals surface area contributed by atoms with E-state index in [0.717, 1.165) is 0 Å². The maximum atomic E-state index is 13.7. The third-order valence-corrected chi connectivity index (χ3v) is 4.49. The van der Waals surface area contributed by atoms with Gasteiger partial charge in [0.2, 0.25) is 5.91 Å². The van der Waals surface area contributed by atoms with E-state index in [-0.39, 0.29) is 23.6 Å². The minimum absolute atomic E-state index is 0.0261. The Balaban J connectivity index is 1.69. The van der Waals surface area contributed by atoms with Crippen LogP contribution in [0.15, 0.2) is 42.5 Å². The Morgan fingerprint density at radius 1 is 1.29 bits per heavy atom. The van der Waals surface area contributed by atoms with Gasteiger partial charge < -0.3 is 15.2 Å². The van der Waals surface area contributed by atoms with E-state index in [0.29, 0.717) is 24.3 Å². The molecule has 1 aliphatic rings. The van der Waals surface area contributed by atoms with Crippen LogP contribution < -0.4 is 10.1 Å². The van der Waals surface area contributed by atoms with Gasteiger partial charge >= 0.3 is 0 Å². The highest BCUT2D eigenvalue weighted by molar-refractivity contribution is 6.31. The first-order chi connectivity index (χ1) is 11.5. The number of para-hydroxylation sites is 1. The summed E-state index contributed by atoms with van der Waals surface area (Å²) in [5.41, 5.74) is -0.416. The van der Waals surface area contributed by atoms with Crippen molar-refractivity contribution in [2.24, 2.45) is 0 Å². The number of benzene rings is 2. The van der Waals surface area contributed by atoms with E-state index in [4.69, 9.17) is 16.3 Å². The number of halogens is 2. The molecule has 1 aliphatic heterocycles. The summed E-state index contributed by atoms with van der Waals surface area (Å²) in [6.45, 7) is 0.390. The van der Waals surface area contributed by atoms with Crippen molar-refractivity contribution >= 4 is 17.5 Å². The summed E-state index contributed by atoms with van der Waals surface area (Å²) in [5, 5.41) is 13.7. The lowest BCUT2D eigenvalue weighted by molar-refractivity contribution is -0.122. The van der Waals surface area contributed by atoms with Gasteiger partial charge in [-0.15, -0.1) is 0 Å². The number of rotatable bonds is 4. The molecule has 6 heteroatoms. The van der Waals surface area contributed by atoms with Crippen molar-refractivity contribution in [2.45, 2.75) is 18.4 Å². The lowest BCUT2D eigenvalue weighted by Crippen LogP contribution is -2.44. The quantitative estimate of drug-likeness (QED) is 0.892. The number of hydrogen-bond acceptors (Lipinski definition) is 3. The zero-order chi connectivity index (χ0) is 17.2. The molecule has 126 valence electrons. The number of aliphatic hydroxyl groups is 1. The molecule has 2 aromatic carbocycles. The summed E-state index contributed by atoms with van der Waals surface area (Å²) < 4.78 is 19.3. The number of nitrogens with one attached hydrogen (secondary N) is 1. The van der Waals surface area contributed by atoms with Crippen LogP contribution in [0.3, 0.4) is 0 Å². The number of fused-ring (bicyclic) bond motifs is 1. The molecule has 0 unspecified atom stereocenters. The standard InChI is InChI=1S/C18H17ClFNO3/c19-14-5-3-6-15(20)12(14)10-17(22)21-11-18(23)8-9-24-16-7-2-1-4-13(16)18/h1-7,23H,8-11H2,(H,21,22)/t18-/m0/s1. The van der Waals surface area contributed by atoms with Crippen LogP contribution in [-0.2, 0) is 16.8 Å². The summed E-state index contributed by atoms with van der Waals surface area (Å²) >= 11 is 5.93. The number of ether oxygens (including phenoxy) is 1. The molecule has 1 atom stereocenters. The molecule has 0 aliphatic carbocycles. The Bertz CT molecular complexity index is 747. The van der Waals surface area contributed by atoms with Crippen LogP contribution in [0, 0.1) is 5.82 Å². The lowest BCUT2D eigenvalue weighted by Gasteiger charge is -2.34. The van der Waals surface area contributed by atoms with Gasteiger partial charge in [-0.2, -0.15) is 0 Å². The average molecular weight is 350 g/mol. The monoisotopic (exact) mass is 349 g/mol. The second kappa shape index (κ2) is 6.79. The molecule has 4 nitrogen and oxygen atoms in total. The molecule has 0 aromatic heterocycles. The van der Waals surface area contributed by atoms with Crippen molar-refractivity contribution in [1.82, 2.24) is 5.32 Å². The minimum atomic E-state index is -1.20. The van der Waals surface area contributed by atoms with E-state index in [1.54, 1.807) is 18.2 Å². The van der Waals surface area contributed by atoms with Crippen LogP contribution >= 0.6 is 11.6 Å². The van der Waals surface area contributed by atoms with Crippen molar-refractivity contribution in [3.8, 4) is 5.75 Å². The first kappa shape index (κ1) is 16.7. The number of carbonyl (C=O) groups excluding carboxylic acids is 1. The first-order valence-corrected chi connectivity index (χ1v) is 8.02. The highest BCUT2D eigenvalue weighted by atomic mass is 35.5. The third kappa shape index (κ3) is 3.37. The van der Waals surface area contributed by atoms with E-state index in [1.165, 1.54) is 18.2 Å². The van der Waals surface area contributed by atoms with Crippen molar-refractivity contribution < 1.29 is 19.0 Å². The van der Waals surface area contributed by atoms with E-state index < -0.39 is 17.3 Å². The van der Waals surface area contributed by atoms with Gasteiger partial charge in [-0.05, 0) is 18.2 Å². The maximum Gasteiger partial charge on any atom is 0.224 e. The summed E-state index contributed by atoms with van der Waals surface area (Å²) in [5.74, 6) is -0.315. The van der Waals surface area contributed by atoms with Crippen molar-refractivity contribution in [2.75, 3.05) is 13.2 Å². The minimum Gasteiger partial charge on any atom is -0.493 e. The van der Waals surface area contributed by atoms with Gasteiger partial charge in [0, 0.05) is 22.6 Å². The fraction of sp³-hybridized carbons (Fsp3) is 0.278. The van der Waals surface area contributed by atoms with Crippen molar-refractivity contribution in [3.05, 3.63) is 64.4 Å². The lowest BCUT2D eigenvalue weighted by atomic mass is 9.88. The molecule has 2 aromatic rings.